The predicted octanol–water partition coefficient (Wildman–Crippen LogP) is 0.740. The Kier molecular flexibility index (Phi) is 4.15. The second-order valence-electron chi connectivity index (χ2n) is 5.99. The van der Waals surface area contributed by atoms with Crippen LogP contribution in [0.25, 0.3) is 0 Å². The van der Waals surface area contributed by atoms with Gasteiger partial charge in [0.1, 0.15) is 6.04 Å². The van der Waals surface area contributed by atoms with Crippen molar-refractivity contribution in [1.82, 2.24) is 15.1 Å². The first-order chi connectivity index (χ1) is 9.36. The fourth-order valence-corrected chi connectivity index (χ4v) is 2.63. The molecule has 3 atom stereocenters. The van der Waals surface area contributed by atoms with Crippen LogP contribution < -0.4 is 11.1 Å². The Morgan fingerprint density at radius 1 is 1.70 bits per heavy atom. The molecule has 1 aromatic rings. The second-order valence-corrected chi connectivity index (χ2v) is 5.99. The second kappa shape index (κ2) is 5.54. The first-order valence-corrected chi connectivity index (χ1v) is 7.02. The van der Waals surface area contributed by atoms with Crippen molar-refractivity contribution in [2.45, 2.75) is 45.4 Å². The number of nitrogens with zero attached hydrogens (tertiary/aromatic N) is 2. The molecule has 1 saturated carbocycles. The van der Waals surface area contributed by atoms with Crippen LogP contribution in [0.4, 0.5) is 0 Å². The van der Waals surface area contributed by atoms with Crippen molar-refractivity contribution >= 4 is 5.91 Å². The lowest BCUT2D eigenvalue weighted by atomic mass is 9.64. The maximum atomic E-state index is 12.2. The molecule has 3 N–H and O–H groups in total. The van der Waals surface area contributed by atoms with Crippen molar-refractivity contribution in [2.24, 2.45) is 18.2 Å². The lowest BCUT2D eigenvalue weighted by Crippen LogP contribution is -2.62. The molecular formula is C14H24N4O2. The normalized spacial score (nSPS) is 25.9. The molecule has 1 aromatic heterocycles. The van der Waals surface area contributed by atoms with E-state index in [-0.39, 0.29) is 23.5 Å². The molecule has 0 bridgehead atoms. The average Bonchev–Trinajstić information content (AvgIpc) is 2.83. The standard InChI is InChI=1S/C14H24N4O2/c1-5-20-11-6-10(14(11,2)3)17-13(19)12(15)9-7-16-18(4)8-9/h7-8,10-12H,5-6,15H2,1-4H3,(H,17,19). The summed E-state index contributed by atoms with van der Waals surface area (Å²) in [5.74, 6) is -0.161. The SMILES string of the molecule is CCOC1CC(NC(=O)C(N)c2cnn(C)c2)C1(C)C. The van der Waals surface area contributed by atoms with Crippen LogP contribution in [-0.4, -0.2) is 34.4 Å². The van der Waals surface area contributed by atoms with E-state index in [1.54, 1.807) is 24.1 Å². The highest BCUT2D eigenvalue weighted by Gasteiger charge is 2.49. The van der Waals surface area contributed by atoms with Crippen LogP contribution in [0.15, 0.2) is 12.4 Å². The summed E-state index contributed by atoms with van der Waals surface area (Å²) in [6.07, 6.45) is 4.43. The van der Waals surface area contributed by atoms with Gasteiger partial charge in [-0.05, 0) is 13.3 Å². The van der Waals surface area contributed by atoms with E-state index in [4.69, 9.17) is 10.5 Å². The first-order valence-electron chi connectivity index (χ1n) is 7.02. The van der Waals surface area contributed by atoms with Crippen molar-refractivity contribution in [3.8, 4) is 0 Å². The molecule has 0 saturated heterocycles. The molecule has 1 aliphatic carbocycles. The molecule has 1 heterocycles. The molecule has 1 aliphatic rings. The Balaban J connectivity index is 1.93. The van der Waals surface area contributed by atoms with Gasteiger partial charge in [-0.1, -0.05) is 13.8 Å². The van der Waals surface area contributed by atoms with E-state index in [9.17, 15) is 4.79 Å². The molecule has 112 valence electrons. The van der Waals surface area contributed by atoms with Gasteiger partial charge in [-0.15, -0.1) is 0 Å². The average molecular weight is 280 g/mol. The zero-order valence-corrected chi connectivity index (χ0v) is 12.6. The number of carbonyl (C=O) groups excluding carboxylic acids is 1. The van der Waals surface area contributed by atoms with Gasteiger partial charge in [-0.25, -0.2) is 0 Å². The van der Waals surface area contributed by atoms with Crippen LogP contribution in [-0.2, 0) is 16.6 Å². The maximum Gasteiger partial charge on any atom is 0.241 e. The lowest BCUT2D eigenvalue weighted by molar-refractivity contribution is -0.137. The van der Waals surface area contributed by atoms with E-state index in [1.165, 1.54) is 0 Å². The summed E-state index contributed by atoms with van der Waals surface area (Å²) in [5, 5.41) is 7.06. The number of amides is 1. The van der Waals surface area contributed by atoms with Gasteiger partial charge < -0.3 is 15.8 Å². The third-order valence-electron chi connectivity index (χ3n) is 4.23. The van der Waals surface area contributed by atoms with Gasteiger partial charge in [0.2, 0.25) is 5.91 Å². The first kappa shape index (κ1) is 15.0. The number of ether oxygens (including phenoxy) is 1. The van der Waals surface area contributed by atoms with Crippen molar-refractivity contribution in [1.29, 1.82) is 0 Å². The van der Waals surface area contributed by atoms with Crippen molar-refractivity contribution in [2.75, 3.05) is 6.61 Å². The predicted molar refractivity (Wildman–Crippen MR) is 75.9 cm³/mol. The highest BCUT2D eigenvalue weighted by molar-refractivity contribution is 5.83. The third kappa shape index (κ3) is 2.71. The van der Waals surface area contributed by atoms with E-state index in [2.05, 4.69) is 24.3 Å². The summed E-state index contributed by atoms with van der Waals surface area (Å²) in [5.41, 5.74) is 6.63. The summed E-state index contributed by atoms with van der Waals surface area (Å²) < 4.78 is 7.30. The van der Waals surface area contributed by atoms with Crippen molar-refractivity contribution in [3.05, 3.63) is 18.0 Å². The Bertz CT molecular complexity index is 483. The molecule has 1 fully saturated rings. The molecule has 0 spiro atoms. The largest absolute Gasteiger partial charge is 0.378 e. The molecule has 0 radical (unpaired) electrons. The van der Waals surface area contributed by atoms with E-state index in [0.717, 1.165) is 12.0 Å². The molecule has 6 nitrogen and oxygen atoms in total. The maximum absolute atomic E-state index is 12.2. The zero-order chi connectivity index (χ0) is 14.9. The summed E-state index contributed by atoms with van der Waals surface area (Å²) >= 11 is 0. The fourth-order valence-electron chi connectivity index (χ4n) is 2.63. The minimum atomic E-state index is -0.675. The van der Waals surface area contributed by atoms with Gasteiger partial charge in [0.15, 0.2) is 0 Å². The van der Waals surface area contributed by atoms with Crippen molar-refractivity contribution in [3.63, 3.8) is 0 Å². The highest BCUT2D eigenvalue weighted by Crippen LogP contribution is 2.42. The number of nitrogens with two attached hydrogens (primary N) is 1. The molecule has 6 heteroatoms. The topological polar surface area (TPSA) is 82.2 Å². The Morgan fingerprint density at radius 3 is 2.90 bits per heavy atom. The third-order valence-corrected chi connectivity index (χ3v) is 4.23. The van der Waals surface area contributed by atoms with Gasteiger partial charge in [0, 0.05) is 36.9 Å². The van der Waals surface area contributed by atoms with Gasteiger partial charge in [-0.3, -0.25) is 9.48 Å². The van der Waals surface area contributed by atoms with Gasteiger partial charge in [-0.2, -0.15) is 5.10 Å². The van der Waals surface area contributed by atoms with Gasteiger partial charge in [0.05, 0.1) is 12.3 Å². The van der Waals surface area contributed by atoms with Gasteiger partial charge >= 0.3 is 0 Å². The van der Waals surface area contributed by atoms with Crippen LogP contribution in [0.5, 0.6) is 0 Å². The summed E-state index contributed by atoms with van der Waals surface area (Å²) in [7, 11) is 1.80. The minimum absolute atomic E-state index is 0.0552. The lowest BCUT2D eigenvalue weighted by Gasteiger charge is -2.51. The van der Waals surface area contributed by atoms with E-state index in [0.29, 0.717) is 6.61 Å². The van der Waals surface area contributed by atoms with Crippen LogP contribution >= 0.6 is 0 Å². The molecule has 2 rings (SSSR count). The highest BCUT2D eigenvalue weighted by atomic mass is 16.5. The zero-order valence-electron chi connectivity index (χ0n) is 12.6. The number of carbonyl (C=O) groups is 1. The molecule has 20 heavy (non-hydrogen) atoms. The number of aromatic nitrogens is 2. The fraction of sp³-hybridized carbons (Fsp3) is 0.714. The summed E-state index contributed by atoms with van der Waals surface area (Å²) in [6.45, 7) is 6.90. The van der Waals surface area contributed by atoms with Crippen LogP contribution in [0, 0.1) is 5.41 Å². The molecular weight excluding hydrogens is 256 g/mol. The Hall–Kier alpha value is -1.40. The smallest absolute Gasteiger partial charge is 0.241 e. The number of hydrogen-bond acceptors (Lipinski definition) is 4. The van der Waals surface area contributed by atoms with Crippen LogP contribution in [0.1, 0.15) is 38.8 Å². The Labute approximate surface area is 119 Å². The summed E-state index contributed by atoms with van der Waals surface area (Å²) in [6, 6.07) is -0.570. The van der Waals surface area contributed by atoms with Crippen LogP contribution in [0.3, 0.4) is 0 Å². The quantitative estimate of drug-likeness (QED) is 0.833. The molecule has 0 aromatic carbocycles. The number of aryl methyl sites for hydroxylation is 1. The summed E-state index contributed by atoms with van der Waals surface area (Å²) in [4.78, 5) is 12.2. The monoisotopic (exact) mass is 280 g/mol. The number of nitrogens with one attached hydrogen (secondary N) is 1. The Morgan fingerprint density at radius 2 is 2.40 bits per heavy atom. The van der Waals surface area contributed by atoms with Crippen LogP contribution in [0.2, 0.25) is 0 Å². The van der Waals surface area contributed by atoms with E-state index >= 15 is 0 Å². The van der Waals surface area contributed by atoms with E-state index < -0.39 is 6.04 Å². The van der Waals surface area contributed by atoms with E-state index in [1.807, 2.05) is 6.92 Å². The molecule has 3 unspecified atom stereocenters. The molecule has 1 amide bonds. The van der Waals surface area contributed by atoms with Gasteiger partial charge in [0.25, 0.3) is 0 Å². The molecule has 0 aliphatic heterocycles. The minimum Gasteiger partial charge on any atom is -0.378 e. The number of rotatable bonds is 5. The number of hydrogen-bond donors (Lipinski definition) is 2. The van der Waals surface area contributed by atoms with Crippen molar-refractivity contribution < 1.29 is 9.53 Å².